The van der Waals surface area contributed by atoms with E-state index >= 15 is 0 Å². The summed E-state index contributed by atoms with van der Waals surface area (Å²) in [5.41, 5.74) is -2.66. The minimum Gasteiger partial charge on any atom is -0.454 e. The van der Waals surface area contributed by atoms with Gasteiger partial charge in [-0.1, -0.05) is 72.8 Å². The van der Waals surface area contributed by atoms with Gasteiger partial charge in [-0.05, 0) is 33.7 Å². The molecule has 5 aromatic rings. The van der Waals surface area contributed by atoms with Gasteiger partial charge >= 0.3 is 29.0 Å². The van der Waals surface area contributed by atoms with Gasteiger partial charge in [-0.3, -0.25) is 0 Å². The third-order valence-electron chi connectivity index (χ3n) is 7.24. The lowest BCUT2D eigenvalue weighted by Crippen LogP contribution is -2.56. The van der Waals surface area contributed by atoms with E-state index in [2.05, 4.69) is 0 Å². The van der Waals surface area contributed by atoms with Crippen LogP contribution in [-0.4, -0.2) is 61.3 Å². The van der Waals surface area contributed by atoms with Gasteiger partial charge in [0, 0.05) is 7.05 Å². The van der Waals surface area contributed by atoms with E-state index in [0.29, 0.717) is 24.5 Å². The van der Waals surface area contributed by atoms with Crippen LogP contribution in [0, 0.1) is 0 Å². The van der Waals surface area contributed by atoms with Gasteiger partial charge in [-0.2, -0.15) is 0 Å². The SMILES string of the molecule is Cn1c(=O)n(CC(CO)OC(=O)c2cccc3ccccc23)c(=O)n(CC(CO)OC(=O)c2cccc3ccccc23)c1=O. The first-order chi connectivity index (χ1) is 21.2. The van der Waals surface area contributed by atoms with Crippen molar-refractivity contribution < 1.29 is 29.3 Å². The smallest absolute Gasteiger partial charge is 0.339 e. The Morgan fingerprint density at radius 1 is 0.614 bits per heavy atom. The number of esters is 2. The zero-order valence-electron chi connectivity index (χ0n) is 23.7. The molecule has 1 heterocycles. The number of rotatable bonds is 10. The molecule has 2 N–H and O–H groups in total. The summed E-state index contributed by atoms with van der Waals surface area (Å²) in [4.78, 5) is 65.3. The lowest BCUT2D eigenvalue weighted by molar-refractivity contribution is 0.00573. The highest BCUT2D eigenvalue weighted by Crippen LogP contribution is 2.21. The lowest BCUT2D eigenvalue weighted by Gasteiger charge is -2.20. The van der Waals surface area contributed by atoms with Gasteiger partial charge in [0.25, 0.3) is 0 Å². The van der Waals surface area contributed by atoms with E-state index in [-0.39, 0.29) is 11.1 Å². The van der Waals surface area contributed by atoms with Crippen LogP contribution in [0.1, 0.15) is 20.7 Å². The summed E-state index contributed by atoms with van der Waals surface area (Å²) in [6, 6.07) is 24.4. The Kier molecular flexibility index (Phi) is 8.83. The molecule has 5 rings (SSSR count). The van der Waals surface area contributed by atoms with E-state index < -0.39 is 67.5 Å². The molecule has 2 unspecified atom stereocenters. The summed E-state index contributed by atoms with van der Waals surface area (Å²) < 4.78 is 12.9. The average Bonchev–Trinajstić information content (AvgIpc) is 3.05. The molecule has 2 atom stereocenters. The number of carbonyl (C=O) groups excluding carboxylic acids is 2. The van der Waals surface area contributed by atoms with Crippen molar-refractivity contribution in [3.05, 3.63) is 128 Å². The summed E-state index contributed by atoms with van der Waals surface area (Å²) in [7, 11) is 1.14. The van der Waals surface area contributed by atoms with Gasteiger partial charge < -0.3 is 19.7 Å². The Morgan fingerprint density at radius 3 is 1.41 bits per heavy atom. The topological polar surface area (TPSA) is 159 Å². The Bertz CT molecular complexity index is 1890. The molecule has 0 saturated carbocycles. The zero-order valence-corrected chi connectivity index (χ0v) is 23.7. The van der Waals surface area contributed by atoms with E-state index in [1.54, 1.807) is 48.5 Å². The average molecular weight is 600 g/mol. The first-order valence-electron chi connectivity index (χ1n) is 13.7. The van der Waals surface area contributed by atoms with E-state index in [0.717, 1.165) is 17.8 Å². The minimum absolute atomic E-state index is 0.227. The van der Waals surface area contributed by atoms with Crippen LogP contribution in [0.5, 0.6) is 0 Å². The molecule has 0 spiro atoms. The van der Waals surface area contributed by atoms with Crippen molar-refractivity contribution in [2.24, 2.45) is 7.05 Å². The molecule has 0 amide bonds. The molecule has 12 heteroatoms. The molecule has 0 fully saturated rings. The number of aliphatic hydroxyl groups is 2. The second-order valence-electron chi connectivity index (χ2n) is 10.1. The second-order valence-corrected chi connectivity index (χ2v) is 10.1. The molecule has 1 aromatic heterocycles. The van der Waals surface area contributed by atoms with Crippen molar-refractivity contribution in [2.45, 2.75) is 25.3 Å². The van der Waals surface area contributed by atoms with Crippen molar-refractivity contribution >= 4 is 33.5 Å². The van der Waals surface area contributed by atoms with Crippen molar-refractivity contribution in [2.75, 3.05) is 13.2 Å². The Balaban J connectivity index is 1.39. The van der Waals surface area contributed by atoms with E-state index in [1.807, 2.05) is 36.4 Å². The summed E-state index contributed by atoms with van der Waals surface area (Å²) >= 11 is 0. The molecule has 4 aromatic carbocycles. The van der Waals surface area contributed by atoms with Gasteiger partial charge in [0.05, 0.1) is 37.4 Å². The van der Waals surface area contributed by atoms with Crippen LogP contribution in [-0.2, 0) is 29.6 Å². The van der Waals surface area contributed by atoms with Gasteiger partial charge in [-0.15, -0.1) is 0 Å². The summed E-state index contributed by atoms with van der Waals surface area (Å²) in [5.74, 6) is -1.56. The van der Waals surface area contributed by atoms with Crippen molar-refractivity contribution in [1.82, 2.24) is 13.7 Å². The van der Waals surface area contributed by atoms with Gasteiger partial charge in [0.15, 0.2) is 0 Å². The molecule has 0 aliphatic rings. The van der Waals surface area contributed by atoms with Crippen LogP contribution in [0.25, 0.3) is 21.5 Å². The maximum Gasteiger partial charge on any atom is 0.339 e. The van der Waals surface area contributed by atoms with E-state index in [4.69, 9.17) is 9.47 Å². The molecule has 0 aliphatic heterocycles. The molecule has 0 saturated heterocycles. The summed E-state index contributed by atoms with van der Waals surface area (Å²) in [5, 5.41) is 22.8. The number of hydrogen-bond donors (Lipinski definition) is 2. The Labute approximate surface area is 249 Å². The quantitative estimate of drug-likeness (QED) is 0.227. The molecule has 0 bridgehead atoms. The number of aliphatic hydroxyl groups excluding tert-OH is 2. The van der Waals surface area contributed by atoms with Crippen molar-refractivity contribution in [1.29, 1.82) is 0 Å². The fraction of sp³-hybridized carbons (Fsp3) is 0.219. The van der Waals surface area contributed by atoms with Crippen LogP contribution in [0.3, 0.4) is 0 Å². The molecule has 0 aliphatic carbocycles. The first-order valence-corrected chi connectivity index (χ1v) is 13.7. The van der Waals surface area contributed by atoms with E-state index in [1.165, 1.54) is 0 Å². The molecule has 226 valence electrons. The summed E-state index contributed by atoms with van der Waals surface area (Å²) in [6.45, 7) is -2.60. The Hall–Kier alpha value is -5.33. The van der Waals surface area contributed by atoms with Crippen LogP contribution in [0.4, 0.5) is 0 Å². The third kappa shape index (κ3) is 5.93. The van der Waals surface area contributed by atoms with Gasteiger partial charge in [0.1, 0.15) is 12.2 Å². The van der Waals surface area contributed by atoms with Crippen LogP contribution in [0.15, 0.2) is 99.3 Å². The van der Waals surface area contributed by atoms with Crippen molar-refractivity contribution in [3.63, 3.8) is 0 Å². The predicted octanol–water partition coefficient (Wildman–Crippen LogP) is 1.45. The Morgan fingerprint density at radius 2 is 1.00 bits per heavy atom. The highest BCUT2D eigenvalue weighted by Gasteiger charge is 2.24. The molecule has 12 nitrogen and oxygen atoms in total. The summed E-state index contributed by atoms with van der Waals surface area (Å²) in [6.07, 6.45) is -2.65. The lowest BCUT2D eigenvalue weighted by atomic mass is 10.0. The van der Waals surface area contributed by atoms with Crippen molar-refractivity contribution in [3.8, 4) is 0 Å². The number of ether oxygens (including phenoxy) is 2. The molecule has 44 heavy (non-hydrogen) atoms. The maximum absolute atomic E-state index is 13.4. The van der Waals surface area contributed by atoms with Crippen LogP contribution in [0.2, 0.25) is 0 Å². The number of hydrogen-bond acceptors (Lipinski definition) is 9. The van der Waals surface area contributed by atoms with Gasteiger partial charge in [-0.25, -0.2) is 37.7 Å². The number of benzene rings is 4. The fourth-order valence-electron chi connectivity index (χ4n) is 4.97. The zero-order chi connectivity index (χ0) is 31.4. The number of fused-ring (bicyclic) bond motifs is 2. The highest BCUT2D eigenvalue weighted by molar-refractivity contribution is 6.05. The molecular formula is C32H29N3O9. The second kappa shape index (κ2) is 12.9. The number of aromatic nitrogens is 3. The largest absolute Gasteiger partial charge is 0.454 e. The predicted molar refractivity (Wildman–Crippen MR) is 161 cm³/mol. The first kappa shape index (κ1) is 30.1. The minimum atomic E-state index is -1.32. The maximum atomic E-state index is 13.4. The van der Waals surface area contributed by atoms with Gasteiger partial charge in [0.2, 0.25) is 0 Å². The highest BCUT2D eigenvalue weighted by atomic mass is 16.6. The fourth-order valence-corrected chi connectivity index (χ4v) is 4.97. The third-order valence-corrected chi connectivity index (χ3v) is 7.24. The number of carbonyl (C=O) groups is 2. The monoisotopic (exact) mass is 599 g/mol. The number of nitrogens with zero attached hydrogens (tertiary/aromatic N) is 3. The normalized spacial score (nSPS) is 12.6. The van der Waals surface area contributed by atoms with Crippen LogP contribution >= 0.6 is 0 Å². The van der Waals surface area contributed by atoms with E-state index in [9.17, 15) is 34.2 Å². The molecular weight excluding hydrogens is 570 g/mol. The standard InChI is InChI=1S/C32H29N3O9/c1-33-30(40)34(16-22(18-36)43-28(38)26-14-6-10-20-8-2-4-12-24(20)26)32(42)35(31(33)41)17-23(19-37)44-29(39)27-15-7-11-21-9-3-5-13-25(21)27/h2-15,22-23,36-37H,16-19H2,1H3. The van der Waals surface area contributed by atoms with Crippen LogP contribution < -0.4 is 17.1 Å². The molecule has 0 radical (unpaired) electrons.